The van der Waals surface area contributed by atoms with Crippen LogP contribution < -0.4 is 5.32 Å². The van der Waals surface area contributed by atoms with Crippen LogP contribution in [-0.2, 0) is 15.3 Å². The number of rotatable bonds is 8. The molecule has 1 aromatic carbocycles. The average Bonchev–Trinajstić information content (AvgIpc) is 2.86. The molecule has 1 aromatic heterocycles. The van der Waals surface area contributed by atoms with E-state index in [1.807, 2.05) is 55.8 Å². The van der Waals surface area contributed by atoms with Gasteiger partial charge in [-0.15, -0.1) is 11.8 Å². The van der Waals surface area contributed by atoms with Crippen molar-refractivity contribution >= 4 is 29.3 Å². The largest absolute Gasteiger partial charge is 0.481 e. The highest BCUT2D eigenvalue weighted by Crippen LogP contribution is 2.19. The highest BCUT2D eigenvalue weighted by molar-refractivity contribution is 7.99. The van der Waals surface area contributed by atoms with Gasteiger partial charge >= 0.3 is 5.97 Å². The average molecular weight is 361 g/mol. The van der Waals surface area contributed by atoms with E-state index in [-0.39, 0.29) is 17.7 Å². The Bertz CT molecular complexity index is 758. The summed E-state index contributed by atoms with van der Waals surface area (Å²) < 4.78 is 1.87. The predicted molar refractivity (Wildman–Crippen MR) is 99.9 cm³/mol. The van der Waals surface area contributed by atoms with Gasteiger partial charge in [0.15, 0.2) is 0 Å². The summed E-state index contributed by atoms with van der Waals surface area (Å²) in [4.78, 5) is 22.9. The Hall–Kier alpha value is -2.28. The first kappa shape index (κ1) is 19.1. The summed E-state index contributed by atoms with van der Waals surface area (Å²) in [5.41, 5.74) is 3.68. The fraction of sp³-hybridized carbons (Fsp3) is 0.389. The molecule has 6 nitrogen and oxygen atoms in total. The molecule has 1 atom stereocenters. The van der Waals surface area contributed by atoms with Crippen LogP contribution >= 0.6 is 11.8 Å². The van der Waals surface area contributed by atoms with Crippen molar-refractivity contribution in [2.45, 2.75) is 39.0 Å². The fourth-order valence-electron chi connectivity index (χ4n) is 2.65. The molecular weight excluding hydrogens is 338 g/mol. The van der Waals surface area contributed by atoms with Crippen LogP contribution in [0.15, 0.2) is 30.3 Å². The van der Waals surface area contributed by atoms with Crippen LogP contribution in [0.5, 0.6) is 0 Å². The second-order valence-corrected chi connectivity index (χ2v) is 7.05. The SMILES string of the molecule is Cc1cc(C)n(C(C)CC(=O)Nc2cccc(CSCC(=O)O)c2)n1. The van der Waals surface area contributed by atoms with E-state index < -0.39 is 5.97 Å². The minimum atomic E-state index is -0.826. The maximum atomic E-state index is 12.3. The molecule has 0 saturated heterocycles. The number of hydrogen-bond donors (Lipinski definition) is 2. The number of hydrogen-bond acceptors (Lipinski definition) is 4. The molecule has 0 aliphatic rings. The van der Waals surface area contributed by atoms with Gasteiger partial charge < -0.3 is 10.4 Å². The first-order valence-corrected chi connectivity index (χ1v) is 9.21. The van der Waals surface area contributed by atoms with E-state index in [9.17, 15) is 9.59 Å². The maximum absolute atomic E-state index is 12.3. The van der Waals surface area contributed by atoms with Crippen LogP contribution in [-0.4, -0.2) is 32.5 Å². The van der Waals surface area contributed by atoms with Crippen molar-refractivity contribution in [1.29, 1.82) is 0 Å². The topological polar surface area (TPSA) is 84.2 Å². The van der Waals surface area contributed by atoms with Gasteiger partial charge in [0.05, 0.1) is 17.5 Å². The zero-order valence-corrected chi connectivity index (χ0v) is 15.5. The summed E-state index contributed by atoms with van der Waals surface area (Å²) in [6.07, 6.45) is 0.333. The van der Waals surface area contributed by atoms with E-state index in [2.05, 4.69) is 10.4 Å². The van der Waals surface area contributed by atoms with Gasteiger partial charge in [0, 0.05) is 23.6 Å². The smallest absolute Gasteiger partial charge is 0.313 e. The van der Waals surface area contributed by atoms with Crippen molar-refractivity contribution in [3.8, 4) is 0 Å². The molecule has 0 spiro atoms. The Morgan fingerprint density at radius 2 is 2.08 bits per heavy atom. The Morgan fingerprint density at radius 1 is 1.32 bits per heavy atom. The number of nitrogens with zero attached hydrogens (tertiary/aromatic N) is 2. The van der Waals surface area contributed by atoms with Crippen LogP contribution in [0.25, 0.3) is 0 Å². The summed E-state index contributed by atoms with van der Waals surface area (Å²) in [6, 6.07) is 9.45. The molecule has 0 fully saturated rings. The Balaban J connectivity index is 1.91. The summed E-state index contributed by atoms with van der Waals surface area (Å²) in [7, 11) is 0. The van der Waals surface area contributed by atoms with E-state index in [1.54, 1.807) is 0 Å². The molecule has 1 heterocycles. The molecule has 1 amide bonds. The van der Waals surface area contributed by atoms with Crippen molar-refractivity contribution in [3.05, 3.63) is 47.3 Å². The van der Waals surface area contributed by atoms with Crippen molar-refractivity contribution < 1.29 is 14.7 Å². The number of thioether (sulfide) groups is 1. The summed E-state index contributed by atoms with van der Waals surface area (Å²) in [5, 5.41) is 16.0. The highest BCUT2D eigenvalue weighted by Gasteiger charge is 2.14. The van der Waals surface area contributed by atoms with Crippen LogP contribution in [0.1, 0.15) is 36.3 Å². The number of carboxylic acids is 1. The molecule has 2 N–H and O–H groups in total. The third-order valence-corrected chi connectivity index (χ3v) is 4.64. The molecular formula is C18H23N3O3S. The van der Waals surface area contributed by atoms with E-state index in [0.29, 0.717) is 12.2 Å². The third-order valence-electron chi connectivity index (χ3n) is 3.65. The quantitative estimate of drug-likeness (QED) is 0.753. The maximum Gasteiger partial charge on any atom is 0.313 e. The molecule has 1 unspecified atom stereocenters. The van der Waals surface area contributed by atoms with Gasteiger partial charge in [-0.25, -0.2) is 0 Å². The normalized spacial score (nSPS) is 12.0. The number of carbonyl (C=O) groups is 2. The zero-order chi connectivity index (χ0) is 18.4. The van der Waals surface area contributed by atoms with E-state index in [0.717, 1.165) is 22.6 Å². The Labute approximate surface area is 151 Å². The van der Waals surface area contributed by atoms with Crippen molar-refractivity contribution in [1.82, 2.24) is 9.78 Å². The molecule has 0 bridgehead atoms. The standard InChI is InChI=1S/C18H23N3O3S/c1-12-7-13(2)21(20-12)14(3)8-17(22)19-16-6-4-5-15(9-16)10-25-11-18(23)24/h4-7,9,14H,8,10-11H2,1-3H3,(H,19,22)(H,23,24). The first-order chi connectivity index (χ1) is 11.8. The van der Waals surface area contributed by atoms with Gasteiger partial charge in [-0.05, 0) is 44.5 Å². The molecule has 0 saturated carbocycles. The lowest BCUT2D eigenvalue weighted by Gasteiger charge is -2.14. The number of anilines is 1. The molecule has 0 radical (unpaired) electrons. The number of aromatic nitrogens is 2. The molecule has 2 aromatic rings. The number of carboxylic acid groups (broad SMARTS) is 1. The van der Waals surface area contributed by atoms with Gasteiger partial charge in [0.1, 0.15) is 0 Å². The monoisotopic (exact) mass is 361 g/mol. The van der Waals surface area contributed by atoms with Crippen LogP contribution in [0.4, 0.5) is 5.69 Å². The molecule has 0 aliphatic carbocycles. The number of aryl methyl sites for hydroxylation is 2. The second kappa shape index (κ2) is 8.71. The lowest BCUT2D eigenvalue weighted by Crippen LogP contribution is -2.19. The zero-order valence-electron chi connectivity index (χ0n) is 14.7. The molecule has 25 heavy (non-hydrogen) atoms. The number of nitrogens with one attached hydrogen (secondary N) is 1. The van der Waals surface area contributed by atoms with Gasteiger partial charge in [0.25, 0.3) is 0 Å². The predicted octanol–water partition coefficient (Wildman–Crippen LogP) is 3.41. The number of benzene rings is 1. The number of aliphatic carboxylic acids is 1. The first-order valence-electron chi connectivity index (χ1n) is 8.06. The molecule has 7 heteroatoms. The van der Waals surface area contributed by atoms with Crippen LogP contribution in [0.3, 0.4) is 0 Å². The van der Waals surface area contributed by atoms with Crippen molar-refractivity contribution in [3.63, 3.8) is 0 Å². The third kappa shape index (κ3) is 5.94. The van der Waals surface area contributed by atoms with E-state index in [4.69, 9.17) is 5.11 Å². The number of amides is 1. The number of carbonyl (C=O) groups excluding carboxylic acids is 1. The Kier molecular flexibility index (Phi) is 6.64. The lowest BCUT2D eigenvalue weighted by atomic mass is 10.2. The summed E-state index contributed by atoms with van der Waals surface area (Å²) in [5.74, 6) is -0.238. The lowest BCUT2D eigenvalue weighted by molar-refractivity contribution is -0.133. The van der Waals surface area contributed by atoms with Gasteiger partial charge in [0.2, 0.25) is 5.91 Å². The minimum absolute atomic E-state index is 0.0250. The summed E-state index contributed by atoms with van der Waals surface area (Å²) in [6.45, 7) is 5.88. The van der Waals surface area contributed by atoms with Crippen molar-refractivity contribution in [2.24, 2.45) is 0 Å². The van der Waals surface area contributed by atoms with E-state index in [1.165, 1.54) is 11.8 Å². The van der Waals surface area contributed by atoms with E-state index >= 15 is 0 Å². The van der Waals surface area contributed by atoms with Crippen molar-refractivity contribution in [2.75, 3.05) is 11.1 Å². The molecule has 134 valence electrons. The van der Waals surface area contributed by atoms with Crippen LogP contribution in [0, 0.1) is 13.8 Å². The van der Waals surface area contributed by atoms with Gasteiger partial charge in [-0.3, -0.25) is 14.3 Å². The second-order valence-electron chi connectivity index (χ2n) is 6.06. The minimum Gasteiger partial charge on any atom is -0.481 e. The van der Waals surface area contributed by atoms with Gasteiger partial charge in [-0.1, -0.05) is 12.1 Å². The van der Waals surface area contributed by atoms with Gasteiger partial charge in [-0.2, -0.15) is 5.10 Å². The molecule has 0 aliphatic heterocycles. The fourth-order valence-corrected chi connectivity index (χ4v) is 3.35. The van der Waals surface area contributed by atoms with Crippen LogP contribution in [0.2, 0.25) is 0 Å². The highest BCUT2D eigenvalue weighted by atomic mass is 32.2. The Morgan fingerprint density at radius 3 is 2.72 bits per heavy atom. The summed E-state index contributed by atoms with van der Waals surface area (Å²) >= 11 is 1.33. The molecule has 2 rings (SSSR count).